The second-order valence-electron chi connectivity index (χ2n) is 4.13. The monoisotopic (exact) mass is 249 g/mol. The predicted octanol–water partition coefficient (Wildman–Crippen LogP) is 0.937. The van der Waals surface area contributed by atoms with Crippen molar-refractivity contribution < 1.29 is 23.4 Å². The third kappa shape index (κ3) is 3.99. The first-order chi connectivity index (χ1) is 7.85. The van der Waals surface area contributed by atoms with Gasteiger partial charge in [0.1, 0.15) is 0 Å². The molecular weight excluding hydrogens is 235 g/mol. The van der Waals surface area contributed by atoms with Crippen LogP contribution in [0.15, 0.2) is 12.1 Å². The molecule has 1 unspecified atom stereocenters. The molecule has 0 fully saturated rings. The van der Waals surface area contributed by atoms with Crippen molar-refractivity contribution in [1.29, 1.82) is 0 Å². The van der Waals surface area contributed by atoms with Gasteiger partial charge in [-0.15, -0.1) is 0 Å². The Bertz CT molecular complexity index is 373. The van der Waals surface area contributed by atoms with E-state index in [2.05, 4.69) is 5.32 Å². The minimum Gasteiger partial charge on any atom is -0.393 e. The lowest BCUT2D eigenvalue weighted by molar-refractivity contribution is 0.00253. The van der Waals surface area contributed by atoms with E-state index in [4.69, 9.17) is 5.11 Å². The number of aliphatic hydroxyl groups excluding tert-OH is 1. The first-order valence-corrected chi connectivity index (χ1v) is 5.03. The molecule has 0 aliphatic rings. The van der Waals surface area contributed by atoms with Crippen LogP contribution in [-0.4, -0.2) is 29.0 Å². The van der Waals surface area contributed by atoms with Crippen LogP contribution >= 0.6 is 0 Å². The Morgan fingerprint density at radius 3 is 2.24 bits per heavy atom. The first-order valence-electron chi connectivity index (χ1n) is 5.03. The summed E-state index contributed by atoms with van der Waals surface area (Å²) in [5, 5.41) is 20.9. The summed E-state index contributed by atoms with van der Waals surface area (Å²) in [5.74, 6) is -4.01. The van der Waals surface area contributed by atoms with E-state index in [9.17, 15) is 18.3 Å². The minimum atomic E-state index is -1.50. The van der Waals surface area contributed by atoms with Crippen LogP contribution in [0, 0.1) is 17.5 Å². The molecule has 0 amide bonds. The highest BCUT2D eigenvalue weighted by Crippen LogP contribution is 2.13. The van der Waals surface area contributed by atoms with Crippen LogP contribution < -0.4 is 5.32 Å². The molecule has 1 rings (SSSR count). The van der Waals surface area contributed by atoms with Crippen molar-refractivity contribution >= 4 is 0 Å². The topological polar surface area (TPSA) is 52.5 Å². The van der Waals surface area contributed by atoms with Gasteiger partial charge in [-0.3, -0.25) is 0 Å². The van der Waals surface area contributed by atoms with Gasteiger partial charge in [0.2, 0.25) is 0 Å². The highest BCUT2D eigenvalue weighted by molar-refractivity contribution is 5.19. The SMILES string of the molecule is CC(O)(CO)CNCc1cc(F)c(F)c(F)c1. The fraction of sp³-hybridized carbons (Fsp3) is 0.455. The lowest BCUT2D eigenvalue weighted by Crippen LogP contribution is -2.40. The average Bonchev–Trinajstić information content (AvgIpc) is 2.25. The molecule has 0 saturated heterocycles. The Labute approximate surface area is 96.9 Å². The molecule has 0 heterocycles. The summed E-state index contributed by atoms with van der Waals surface area (Å²) in [6.07, 6.45) is 0. The van der Waals surface area contributed by atoms with Gasteiger partial charge in [-0.05, 0) is 24.6 Å². The highest BCUT2D eigenvalue weighted by atomic mass is 19.2. The smallest absolute Gasteiger partial charge is 0.194 e. The average molecular weight is 249 g/mol. The van der Waals surface area contributed by atoms with Gasteiger partial charge in [-0.2, -0.15) is 0 Å². The summed E-state index contributed by atoms with van der Waals surface area (Å²) in [4.78, 5) is 0. The van der Waals surface area contributed by atoms with Crippen LogP contribution in [0.25, 0.3) is 0 Å². The summed E-state index contributed by atoms with van der Waals surface area (Å²) in [6, 6.07) is 1.75. The molecule has 17 heavy (non-hydrogen) atoms. The molecule has 1 aromatic carbocycles. The lowest BCUT2D eigenvalue weighted by atomic mass is 10.1. The normalized spacial score (nSPS) is 14.7. The number of hydrogen-bond acceptors (Lipinski definition) is 3. The van der Waals surface area contributed by atoms with Crippen molar-refractivity contribution in [1.82, 2.24) is 5.32 Å². The highest BCUT2D eigenvalue weighted by Gasteiger charge is 2.18. The molecule has 6 heteroatoms. The number of nitrogens with one attached hydrogen (secondary N) is 1. The van der Waals surface area contributed by atoms with Crippen molar-refractivity contribution in [2.24, 2.45) is 0 Å². The van der Waals surface area contributed by atoms with Crippen molar-refractivity contribution in [2.45, 2.75) is 19.1 Å². The maximum atomic E-state index is 12.8. The van der Waals surface area contributed by atoms with E-state index in [1.807, 2.05) is 0 Å². The standard InChI is InChI=1S/C11H14F3NO2/c1-11(17,6-16)5-15-4-7-2-8(12)10(14)9(13)3-7/h2-3,15-17H,4-6H2,1H3. The Balaban J connectivity index is 2.59. The Hall–Kier alpha value is -1.11. The summed E-state index contributed by atoms with van der Waals surface area (Å²) < 4.78 is 38.3. The Morgan fingerprint density at radius 2 is 1.76 bits per heavy atom. The molecule has 0 spiro atoms. The number of halogens is 3. The van der Waals surface area contributed by atoms with Gasteiger partial charge in [0.15, 0.2) is 17.5 Å². The van der Waals surface area contributed by atoms with Crippen LogP contribution in [0.3, 0.4) is 0 Å². The second-order valence-corrected chi connectivity index (χ2v) is 4.13. The van der Waals surface area contributed by atoms with E-state index in [0.717, 1.165) is 12.1 Å². The van der Waals surface area contributed by atoms with Crippen LogP contribution in [0.2, 0.25) is 0 Å². The van der Waals surface area contributed by atoms with Crippen molar-refractivity contribution in [3.63, 3.8) is 0 Å². The summed E-state index contributed by atoms with van der Waals surface area (Å²) >= 11 is 0. The van der Waals surface area contributed by atoms with Gasteiger partial charge in [0, 0.05) is 13.1 Å². The molecule has 96 valence electrons. The fourth-order valence-corrected chi connectivity index (χ4v) is 1.24. The molecule has 0 aliphatic carbocycles. The van der Waals surface area contributed by atoms with Crippen LogP contribution in [-0.2, 0) is 6.54 Å². The summed E-state index contributed by atoms with van der Waals surface area (Å²) in [6.45, 7) is 1.08. The predicted molar refractivity (Wildman–Crippen MR) is 55.7 cm³/mol. The molecule has 3 N–H and O–H groups in total. The maximum Gasteiger partial charge on any atom is 0.194 e. The number of hydrogen-bond donors (Lipinski definition) is 3. The van der Waals surface area contributed by atoms with Crippen molar-refractivity contribution in [2.75, 3.05) is 13.2 Å². The van der Waals surface area contributed by atoms with Crippen molar-refractivity contribution in [3.05, 3.63) is 35.1 Å². The summed E-state index contributed by atoms with van der Waals surface area (Å²) in [5.41, 5.74) is -1.09. The van der Waals surface area contributed by atoms with E-state index in [-0.39, 0.29) is 18.7 Å². The number of benzene rings is 1. The number of aliphatic hydroxyl groups is 2. The van der Waals surface area contributed by atoms with Gasteiger partial charge in [-0.25, -0.2) is 13.2 Å². The third-order valence-corrected chi connectivity index (χ3v) is 2.22. The van der Waals surface area contributed by atoms with E-state index in [1.165, 1.54) is 6.92 Å². The summed E-state index contributed by atoms with van der Waals surface area (Å²) in [7, 11) is 0. The quantitative estimate of drug-likeness (QED) is 0.681. The van der Waals surface area contributed by atoms with E-state index < -0.39 is 29.7 Å². The zero-order chi connectivity index (χ0) is 13.1. The van der Waals surface area contributed by atoms with E-state index in [1.54, 1.807) is 0 Å². The van der Waals surface area contributed by atoms with Crippen LogP contribution in [0.5, 0.6) is 0 Å². The second kappa shape index (κ2) is 5.48. The minimum absolute atomic E-state index is 0.0457. The Morgan fingerprint density at radius 1 is 1.24 bits per heavy atom. The lowest BCUT2D eigenvalue weighted by Gasteiger charge is -2.20. The molecule has 0 aromatic heterocycles. The van der Waals surface area contributed by atoms with E-state index >= 15 is 0 Å². The molecule has 0 saturated carbocycles. The van der Waals surface area contributed by atoms with Crippen LogP contribution in [0.1, 0.15) is 12.5 Å². The van der Waals surface area contributed by atoms with Gasteiger partial charge >= 0.3 is 0 Å². The van der Waals surface area contributed by atoms with Gasteiger partial charge in [-0.1, -0.05) is 0 Å². The third-order valence-electron chi connectivity index (χ3n) is 2.22. The molecular formula is C11H14F3NO2. The Kier molecular flexibility index (Phi) is 4.50. The zero-order valence-corrected chi connectivity index (χ0v) is 9.30. The molecule has 1 aromatic rings. The molecule has 0 radical (unpaired) electrons. The van der Waals surface area contributed by atoms with Gasteiger partial charge in [0.05, 0.1) is 12.2 Å². The molecule has 0 aliphatic heterocycles. The van der Waals surface area contributed by atoms with Gasteiger partial charge < -0.3 is 15.5 Å². The zero-order valence-electron chi connectivity index (χ0n) is 9.30. The maximum absolute atomic E-state index is 12.8. The molecule has 0 bridgehead atoms. The molecule has 1 atom stereocenters. The largest absolute Gasteiger partial charge is 0.393 e. The van der Waals surface area contributed by atoms with Crippen molar-refractivity contribution in [3.8, 4) is 0 Å². The van der Waals surface area contributed by atoms with Gasteiger partial charge in [0.25, 0.3) is 0 Å². The van der Waals surface area contributed by atoms with E-state index in [0.29, 0.717) is 0 Å². The first kappa shape index (κ1) is 14.0. The molecule has 3 nitrogen and oxygen atoms in total. The van der Waals surface area contributed by atoms with Crippen LogP contribution in [0.4, 0.5) is 13.2 Å². The fourth-order valence-electron chi connectivity index (χ4n) is 1.24. The number of rotatable bonds is 5.